The second-order valence-electron chi connectivity index (χ2n) is 7.60. The zero-order chi connectivity index (χ0) is 21.5. The number of thiophene rings is 4. The molecule has 0 fully saturated rings. The highest BCUT2D eigenvalue weighted by molar-refractivity contribution is 9.11. The number of fused-ring (bicyclic) bond motifs is 11. The second kappa shape index (κ2) is 5.99. The largest absolute Gasteiger partial charge is 0.282 e. The van der Waals surface area contributed by atoms with Gasteiger partial charge < -0.3 is 0 Å². The molecule has 0 N–H and O–H groups in total. The molecule has 4 nitrogen and oxygen atoms in total. The lowest BCUT2D eigenvalue weighted by atomic mass is 10.0. The monoisotopic (exact) mass is 616 g/mol. The number of carbonyl (C=O) groups is 2. The average Bonchev–Trinajstić information content (AvgIpc) is 3.56. The van der Waals surface area contributed by atoms with Crippen molar-refractivity contribution < 1.29 is 9.59 Å². The molecule has 0 aliphatic carbocycles. The van der Waals surface area contributed by atoms with Crippen LogP contribution in [0.5, 0.6) is 0 Å². The molecule has 4 aliphatic rings. The first kappa shape index (κ1) is 18.6. The van der Waals surface area contributed by atoms with Gasteiger partial charge in [0.25, 0.3) is 11.8 Å². The van der Waals surface area contributed by atoms with Crippen LogP contribution in [0.3, 0.4) is 0 Å². The van der Waals surface area contributed by atoms with Crippen LogP contribution in [0, 0.1) is 0 Å². The summed E-state index contributed by atoms with van der Waals surface area (Å²) >= 11 is 13.9. The molecule has 0 radical (unpaired) electrons. The molecule has 2 amide bonds. The van der Waals surface area contributed by atoms with Crippen molar-refractivity contribution in [2.75, 3.05) is 0 Å². The number of hydrogen-bond acceptors (Lipinski definition) is 6. The molecule has 0 bridgehead atoms. The number of nitrogens with zero attached hydrogens (tertiary/aromatic N) is 2. The third kappa shape index (κ3) is 2.03. The standard InChI is InChI=1S/C22H6Br2N2O2S4/c23-7-6-29-20-13-9(31-18(7)20)2-4-26-17(13)15-14(21(26)27)16-12-8(1-3-25(16)22(15)28)30-10-5-11(24)32-19(10)12/h1-6H. The van der Waals surface area contributed by atoms with Crippen LogP contribution in [0.1, 0.15) is 20.9 Å². The highest BCUT2D eigenvalue weighted by Crippen LogP contribution is 2.56. The normalized spacial score (nSPS) is 18.4. The van der Waals surface area contributed by atoms with Gasteiger partial charge >= 0.3 is 0 Å². The topological polar surface area (TPSA) is 40.6 Å². The first-order valence-electron chi connectivity index (χ1n) is 9.47. The Morgan fingerprint density at radius 2 is 1.38 bits per heavy atom. The Morgan fingerprint density at radius 1 is 0.750 bits per heavy atom. The van der Waals surface area contributed by atoms with Gasteiger partial charge in [0.05, 0.1) is 40.4 Å². The van der Waals surface area contributed by atoms with E-state index in [-0.39, 0.29) is 11.8 Å². The summed E-state index contributed by atoms with van der Waals surface area (Å²) in [6.07, 6.45) is 7.61. The molecule has 0 saturated heterocycles. The van der Waals surface area contributed by atoms with E-state index >= 15 is 0 Å². The quantitative estimate of drug-likeness (QED) is 0.205. The molecule has 0 spiro atoms. The summed E-state index contributed by atoms with van der Waals surface area (Å²) in [7, 11) is 0. The number of carbonyl (C=O) groups excluding carboxylic acids is 2. The van der Waals surface area contributed by atoms with E-state index in [9.17, 15) is 9.59 Å². The van der Waals surface area contributed by atoms with E-state index in [4.69, 9.17) is 0 Å². The SMILES string of the molecule is O=C1C2=C3c4c(sc5c(Br)csc45)C=CN3C(=O)C2=C2c3c(sc4cc(Br)sc34)C=CN12. The molecule has 4 aromatic rings. The van der Waals surface area contributed by atoms with Crippen LogP contribution in [0.25, 0.3) is 42.3 Å². The molecule has 0 aromatic carbocycles. The van der Waals surface area contributed by atoms with E-state index in [0.29, 0.717) is 11.1 Å². The Morgan fingerprint density at radius 3 is 2.06 bits per heavy atom. The summed E-state index contributed by atoms with van der Waals surface area (Å²) in [6.45, 7) is 0. The van der Waals surface area contributed by atoms with Crippen molar-refractivity contribution in [3.63, 3.8) is 0 Å². The van der Waals surface area contributed by atoms with E-state index in [1.807, 2.05) is 24.6 Å². The number of halogens is 2. The van der Waals surface area contributed by atoms with Crippen LogP contribution in [0.15, 0.2) is 43.3 Å². The van der Waals surface area contributed by atoms with Gasteiger partial charge in [0.1, 0.15) is 0 Å². The fraction of sp³-hybridized carbons (Fsp3) is 0. The first-order chi connectivity index (χ1) is 15.5. The summed E-state index contributed by atoms with van der Waals surface area (Å²) in [6, 6.07) is 2.11. The van der Waals surface area contributed by atoms with Gasteiger partial charge in [-0.3, -0.25) is 19.4 Å². The molecule has 4 aliphatic heterocycles. The van der Waals surface area contributed by atoms with Gasteiger partial charge in [-0.2, -0.15) is 0 Å². The molecule has 0 unspecified atom stereocenters. The molecule has 154 valence electrons. The Balaban J connectivity index is 1.50. The Labute approximate surface area is 213 Å². The van der Waals surface area contributed by atoms with Crippen LogP contribution in [0.2, 0.25) is 0 Å². The number of rotatable bonds is 0. The van der Waals surface area contributed by atoms with E-state index in [0.717, 1.165) is 59.3 Å². The Bertz CT molecular complexity index is 1720. The predicted octanol–water partition coefficient (Wildman–Crippen LogP) is 7.54. The maximum atomic E-state index is 13.7. The van der Waals surface area contributed by atoms with Crippen LogP contribution < -0.4 is 0 Å². The molecular weight excluding hydrogens is 612 g/mol. The summed E-state index contributed by atoms with van der Waals surface area (Å²) in [5.74, 6) is -0.261. The predicted molar refractivity (Wildman–Crippen MR) is 140 cm³/mol. The Hall–Kier alpha value is -1.82. The minimum Gasteiger partial charge on any atom is -0.282 e. The van der Waals surface area contributed by atoms with Crippen molar-refractivity contribution in [2.24, 2.45) is 0 Å². The third-order valence-corrected chi connectivity index (χ3v) is 12.4. The smallest absolute Gasteiger partial charge is 0.265 e. The van der Waals surface area contributed by atoms with E-state index in [2.05, 4.69) is 43.3 Å². The lowest BCUT2D eigenvalue weighted by molar-refractivity contribution is -0.122. The van der Waals surface area contributed by atoms with Crippen LogP contribution >= 0.6 is 77.2 Å². The van der Waals surface area contributed by atoms with Crippen LogP contribution in [-0.2, 0) is 9.59 Å². The fourth-order valence-corrected chi connectivity index (χ4v) is 11.1. The fourth-order valence-electron chi connectivity index (χ4n) is 4.83. The second-order valence-corrected chi connectivity index (χ2v) is 13.9. The lowest BCUT2D eigenvalue weighted by Crippen LogP contribution is -2.26. The highest BCUT2D eigenvalue weighted by Gasteiger charge is 2.51. The van der Waals surface area contributed by atoms with Crippen molar-refractivity contribution >= 4 is 131 Å². The van der Waals surface area contributed by atoms with Crippen molar-refractivity contribution in [1.82, 2.24) is 9.80 Å². The summed E-state index contributed by atoms with van der Waals surface area (Å²) < 4.78 is 6.64. The van der Waals surface area contributed by atoms with Gasteiger partial charge in [0, 0.05) is 47.8 Å². The summed E-state index contributed by atoms with van der Waals surface area (Å²) in [5.41, 5.74) is 4.48. The maximum Gasteiger partial charge on any atom is 0.265 e. The van der Waals surface area contributed by atoms with Gasteiger partial charge in [-0.1, -0.05) is 0 Å². The van der Waals surface area contributed by atoms with Gasteiger partial charge in [0.2, 0.25) is 0 Å². The highest BCUT2D eigenvalue weighted by atomic mass is 79.9. The van der Waals surface area contributed by atoms with Crippen molar-refractivity contribution in [2.45, 2.75) is 0 Å². The summed E-state index contributed by atoms with van der Waals surface area (Å²) in [5, 5.41) is 2.07. The maximum absolute atomic E-state index is 13.7. The summed E-state index contributed by atoms with van der Waals surface area (Å²) in [4.78, 5) is 33.0. The molecule has 32 heavy (non-hydrogen) atoms. The molecule has 0 saturated carbocycles. The van der Waals surface area contributed by atoms with E-state index in [1.165, 1.54) is 0 Å². The first-order valence-corrected chi connectivity index (χ1v) is 14.4. The van der Waals surface area contributed by atoms with Crippen LogP contribution in [-0.4, -0.2) is 21.6 Å². The minimum atomic E-state index is -0.131. The van der Waals surface area contributed by atoms with Crippen molar-refractivity contribution in [1.29, 1.82) is 0 Å². The van der Waals surface area contributed by atoms with Crippen molar-refractivity contribution in [3.05, 3.63) is 64.1 Å². The lowest BCUT2D eigenvalue weighted by Gasteiger charge is -2.24. The molecule has 10 heteroatoms. The van der Waals surface area contributed by atoms with E-state index in [1.54, 1.807) is 55.1 Å². The zero-order valence-corrected chi connectivity index (χ0v) is 22.0. The third-order valence-electron chi connectivity index (χ3n) is 6.04. The van der Waals surface area contributed by atoms with Gasteiger partial charge in [-0.15, -0.1) is 45.3 Å². The molecular formula is C22H6Br2N2O2S4. The Kier molecular flexibility index (Phi) is 3.48. The number of hydrogen-bond donors (Lipinski definition) is 0. The van der Waals surface area contributed by atoms with Gasteiger partial charge in [0.15, 0.2) is 0 Å². The van der Waals surface area contributed by atoms with Gasteiger partial charge in [-0.05, 0) is 50.1 Å². The number of amides is 2. The molecule has 8 rings (SSSR count). The minimum absolute atomic E-state index is 0.131. The van der Waals surface area contributed by atoms with Gasteiger partial charge in [-0.25, -0.2) is 0 Å². The zero-order valence-electron chi connectivity index (χ0n) is 15.6. The van der Waals surface area contributed by atoms with Crippen molar-refractivity contribution in [3.8, 4) is 0 Å². The van der Waals surface area contributed by atoms with Crippen LogP contribution in [0.4, 0.5) is 0 Å². The average molecular weight is 618 g/mol. The molecule has 4 aromatic heterocycles. The molecule has 8 heterocycles. The molecule has 0 atom stereocenters. The van der Waals surface area contributed by atoms with E-state index < -0.39 is 0 Å².